The first-order chi connectivity index (χ1) is 8.74. The summed E-state index contributed by atoms with van der Waals surface area (Å²) in [5.74, 6) is 0.806. The Morgan fingerprint density at radius 2 is 2.00 bits per heavy atom. The molecule has 0 fully saturated rings. The number of aryl methyl sites for hydroxylation is 1. The quantitative estimate of drug-likeness (QED) is 0.737. The van der Waals surface area contributed by atoms with Crippen LogP contribution in [0, 0.1) is 0 Å². The maximum absolute atomic E-state index is 4.54. The zero-order valence-corrected chi connectivity index (χ0v) is 11.3. The van der Waals surface area contributed by atoms with Crippen molar-refractivity contribution < 1.29 is 0 Å². The second-order valence-electron chi connectivity index (χ2n) is 3.98. The van der Waals surface area contributed by atoms with Crippen LogP contribution >= 0.6 is 15.9 Å². The summed E-state index contributed by atoms with van der Waals surface area (Å²) in [5, 5.41) is 3.26. The van der Waals surface area contributed by atoms with E-state index < -0.39 is 0 Å². The molecule has 1 aromatic carbocycles. The van der Waals surface area contributed by atoms with Crippen LogP contribution in [0.25, 0.3) is 11.0 Å². The van der Waals surface area contributed by atoms with E-state index in [1.54, 1.807) is 6.20 Å². The number of halogens is 1. The fourth-order valence-corrected chi connectivity index (χ4v) is 2.07. The van der Waals surface area contributed by atoms with Crippen molar-refractivity contribution in [3.8, 4) is 0 Å². The maximum Gasteiger partial charge on any atom is 0.208 e. The molecule has 1 N–H and O–H groups in total. The summed E-state index contributed by atoms with van der Waals surface area (Å²) in [6, 6.07) is 11.9. The lowest BCUT2D eigenvalue weighted by atomic mass is 10.3. The van der Waals surface area contributed by atoms with Gasteiger partial charge in [0.05, 0.1) is 22.9 Å². The number of nitrogens with one attached hydrogen (secondary N) is 1. The number of aromatic nitrogens is 3. The molecule has 18 heavy (non-hydrogen) atoms. The normalized spacial score (nSPS) is 10.8. The summed E-state index contributed by atoms with van der Waals surface area (Å²) >= 11 is 3.31. The minimum atomic E-state index is 0.806. The summed E-state index contributed by atoms with van der Waals surface area (Å²) < 4.78 is 2.84. The Hall–Kier alpha value is -1.88. The van der Waals surface area contributed by atoms with Crippen molar-refractivity contribution in [3.05, 3.63) is 47.2 Å². The van der Waals surface area contributed by atoms with Crippen molar-refractivity contribution in [1.29, 1.82) is 0 Å². The van der Waals surface area contributed by atoms with Crippen LogP contribution in [0.15, 0.2) is 47.2 Å². The number of hydrogen-bond acceptors (Lipinski definition) is 3. The van der Waals surface area contributed by atoms with Crippen molar-refractivity contribution >= 4 is 38.6 Å². The summed E-state index contributed by atoms with van der Waals surface area (Å²) in [6.07, 6.45) is 1.77. The molecule has 5 heteroatoms. The molecule has 3 aromatic rings. The molecule has 0 aliphatic rings. The largest absolute Gasteiger partial charge is 0.324 e. The molecule has 0 spiro atoms. The van der Waals surface area contributed by atoms with Gasteiger partial charge in [-0.25, -0.2) is 9.97 Å². The van der Waals surface area contributed by atoms with E-state index in [1.165, 1.54) is 0 Å². The highest BCUT2D eigenvalue weighted by Gasteiger charge is 2.06. The van der Waals surface area contributed by atoms with Gasteiger partial charge in [-0.05, 0) is 40.2 Å². The molecule has 90 valence electrons. The van der Waals surface area contributed by atoms with Crippen LogP contribution in [-0.4, -0.2) is 14.5 Å². The maximum atomic E-state index is 4.54. The number of hydrogen-bond donors (Lipinski definition) is 1. The molecule has 0 atom stereocenters. The third-order valence-electron chi connectivity index (χ3n) is 2.77. The zero-order valence-electron chi connectivity index (χ0n) is 9.76. The SMILES string of the molecule is Cn1c(Nc2ccc(Br)nc2)nc2ccccc21. The van der Waals surface area contributed by atoms with E-state index in [2.05, 4.69) is 31.2 Å². The van der Waals surface area contributed by atoms with Crippen LogP contribution in [0.4, 0.5) is 11.6 Å². The monoisotopic (exact) mass is 302 g/mol. The lowest BCUT2D eigenvalue weighted by molar-refractivity contribution is 0.957. The summed E-state index contributed by atoms with van der Waals surface area (Å²) in [7, 11) is 1.99. The van der Waals surface area contributed by atoms with Crippen LogP contribution < -0.4 is 5.32 Å². The van der Waals surface area contributed by atoms with Gasteiger partial charge in [0, 0.05) is 7.05 Å². The number of anilines is 2. The topological polar surface area (TPSA) is 42.7 Å². The van der Waals surface area contributed by atoms with Gasteiger partial charge >= 0.3 is 0 Å². The Morgan fingerprint density at radius 3 is 2.72 bits per heavy atom. The third kappa shape index (κ3) is 1.97. The molecule has 4 nitrogen and oxygen atoms in total. The number of fused-ring (bicyclic) bond motifs is 1. The van der Waals surface area contributed by atoms with Gasteiger partial charge < -0.3 is 9.88 Å². The van der Waals surface area contributed by atoms with Gasteiger partial charge in [0.25, 0.3) is 0 Å². The molecular formula is C13H11BrN4. The highest BCUT2D eigenvalue weighted by molar-refractivity contribution is 9.10. The second kappa shape index (κ2) is 4.42. The number of para-hydroxylation sites is 2. The van der Waals surface area contributed by atoms with Gasteiger partial charge in [0.2, 0.25) is 5.95 Å². The number of benzene rings is 1. The Balaban J connectivity index is 1.99. The van der Waals surface area contributed by atoms with E-state index in [1.807, 2.05) is 48.0 Å². The lowest BCUT2D eigenvalue weighted by Crippen LogP contribution is -1.99. The lowest BCUT2D eigenvalue weighted by Gasteiger charge is -2.05. The first-order valence-corrected chi connectivity index (χ1v) is 6.33. The molecule has 0 bridgehead atoms. The molecule has 0 aliphatic heterocycles. The second-order valence-corrected chi connectivity index (χ2v) is 4.79. The molecule has 2 heterocycles. The van der Waals surface area contributed by atoms with Crippen molar-refractivity contribution in [2.24, 2.45) is 7.05 Å². The molecule has 2 aromatic heterocycles. The molecule has 0 unspecified atom stereocenters. The van der Waals surface area contributed by atoms with E-state index in [-0.39, 0.29) is 0 Å². The van der Waals surface area contributed by atoms with Crippen LogP contribution in [0.3, 0.4) is 0 Å². The summed E-state index contributed by atoms with van der Waals surface area (Å²) in [4.78, 5) is 8.72. The van der Waals surface area contributed by atoms with E-state index >= 15 is 0 Å². The average molecular weight is 303 g/mol. The highest BCUT2D eigenvalue weighted by Crippen LogP contribution is 2.21. The highest BCUT2D eigenvalue weighted by atomic mass is 79.9. The minimum absolute atomic E-state index is 0.806. The minimum Gasteiger partial charge on any atom is -0.324 e. The first-order valence-electron chi connectivity index (χ1n) is 5.54. The smallest absolute Gasteiger partial charge is 0.208 e. The summed E-state index contributed by atoms with van der Waals surface area (Å²) in [5.41, 5.74) is 2.99. The van der Waals surface area contributed by atoms with Crippen molar-refractivity contribution in [1.82, 2.24) is 14.5 Å². The molecule has 0 saturated heterocycles. The predicted molar refractivity (Wildman–Crippen MR) is 75.9 cm³/mol. The van der Waals surface area contributed by atoms with Crippen molar-refractivity contribution in [2.75, 3.05) is 5.32 Å². The Morgan fingerprint density at radius 1 is 1.17 bits per heavy atom. The van der Waals surface area contributed by atoms with Gasteiger partial charge in [-0.15, -0.1) is 0 Å². The Labute approximate surface area is 113 Å². The fourth-order valence-electron chi connectivity index (χ4n) is 1.84. The molecule has 0 radical (unpaired) electrons. The predicted octanol–water partition coefficient (Wildman–Crippen LogP) is 3.47. The Bertz CT molecular complexity index is 688. The van der Waals surface area contributed by atoms with Gasteiger partial charge in [0.15, 0.2) is 0 Å². The molecule has 0 saturated carbocycles. The fraction of sp³-hybridized carbons (Fsp3) is 0.0769. The molecule has 0 amide bonds. The van der Waals surface area contributed by atoms with Gasteiger partial charge in [0.1, 0.15) is 4.60 Å². The van der Waals surface area contributed by atoms with Crippen LogP contribution in [0.1, 0.15) is 0 Å². The van der Waals surface area contributed by atoms with Crippen LogP contribution in [0.2, 0.25) is 0 Å². The molecule has 0 aliphatic carbocycles. The third-order valence-corrected chi connectivity index (χ3v) is 3.24. The average Bonchev–Trinajstić information content (AvgIpc) is 2.70. The number of rotatable bonds is 2. The number of pyridine rings is 1. The van der Waals surface area contributed by atoms with E-state index in [4.69, 9.17) is 0 Å². The summed E-state index contributed by atoms with van der Waals surface area (Å²) in [6.45, 7) is 0. The molecular weight excluding hydrogens is 292 g/mol. The van der Waals surface area contributed by atoms with Crippen molar-refractivity contribution in [3.63, 3.8) is 0 Å². The first kappa shape index (κ1) is 11.2. The van der Waals surface area contributed by atoms with E-state index in [0.717, 1.165) is 27.3 Å². The Kier molecular flexibility index (Phi) is 2.76. The van der Waals surface area contributed by atoms with Crippen LogP contribution in [0.5, 0.6) is 0 Å². The van der Waals surface area contributed by atoms with Gasteiger partial charge in [-0.2, -0.15) is 0 Å². The van der Waals surface area contributed by atoms with E-state index in [9.17, 15) is 0 Å². The number of imidazole rings is 1. The number of nitrogens with zero attached hydrogens (tertiary/aromatic N) is 3. The standard InChI is InChI=1S/C13H11BrN4/c1-18-11-5-3-2-4-10(11)17-13(18)16-9-6-7-12(14)15-8-9/h2-8H,1H3,(H,16,17). The van der Waals surface area contributed by atoms with Gasteiger partial charge in [-0.1, -0.05) is 12.1 Å². The van der Waals surface area contributed by atoms with Crippen LogP contribution in [-0.2, 0) is 7.05 Å². The zero-order chi connectivity index (χ0) is 12.5. The van der Waals surface area contributed by atoms with Crippen molar-refractivity contribution in [2.45, 2.75) is 0 Å². The van der Waals surface area contributed by atoms with E-state index in [0.29, 0.717) is 0 Å². The molecule has 3 rings (SSSR count). The van der Waals surface area contributed by atoms with Gasteiger partial charge in [-0.3, -0.25) is 0 Å².